The third-order valence-electron chi connectivity index (χ3n) is 6.15. The number of methoxy groups -OCH3 is 2. The summed E-state index contributed by atoms with van der Waals surface area (Å²) < 4.78 is 18.0. The minimum absolute atomic E-state index is 0.00727. The maximum atomic E-state index is 13.4. The summed E-state index contributed by atoms with van der Waals surface area (Å²) in [5.74, 6) is 1.45. The van der Waals surface area contributed by atoms with E-state index in [1.54, 1.807) is 20.3 Å². The van der Waals surface area contributed by atoms with Gasteiger partial charge in [-0.15, -0.1) is 5.10 Å². The topological polar surface area (TPSA) is 94.8 Å². The van der Waals surface area contributed by atoms with Gasteiger partial charge < -0.3 is 19.1 Å². The SMILES string of the molecule is COCCn1nnnc1[C@]1(N2CCOCC2)CCCN(C(=O)c2cccc(OC)c2)C1. The number of hydrogen-bond donors (Lipinski definition) is 0. The molecule has 2 aliphatic rings. The molecule has 10 heteroatoms. The fourth-order valence-corrected chi connectivity index (χ4v) is 4.59. The Bertz CT molecular complexity index is 884. The highest BCUT2D eigenvalue weighted by atomic mass is 16.5. The molecule has 0 saturated carbocycles. The van der Waals surface area contributed by atoms with Crippen molar-refractivity contribution < 1.29 is 19.0 Å². The highest BCUT2D eigenvalue weighted by Gasteiger charge is 2.47. The van der Waals surface area contributed by atoms with Gasteiger partial charge >= 0.3 is 0 Å². The van der Waals surface area contributed by atoms with Crippen LogP contribution in [0, 0.1) is 0 Å². The second kappa shape index (κ2) is 9.71. The molecule has 1 atom stereocenters. The molecule has 0 unspecified atom stereocenters. The molecular formula is C21H30N6O4. The molecule has 0 aliphatic carbocycles. The molecule has 1 aromatic carbocycles. The molecule has 0 bridgehead atoms. The number of carbonyl (C=O) groups is 1. The van der Waals surface area contributed by atoms with Gasteiger partial charge in [-0.3, -0.25) is 9.69 Å². The maximum Gasteiger partial charge on any atom is 0.254 e. The van der Waals surface area contributed by atoms with Crippen molar-refractivity contribution in [2.45, 2.75) is 24.9 Å². The molecule has 2 aliphatic heterocycles. The Morgan fingerprint density at radius 1 is 1.23 bits per heavy atom. The number of aromatic nitrogens is 4. The number of ether oxygens (including phenoxy) is 3. The number of tetrazole rings is 1. The van der Waals surface area contributed by atoms with Crippen molar-refractivity contribution in [3.8, 4) is 5.75 Å². The summed E-state index contributed by atoms with van der Waals surface area (Å²) in [7, 11) is 3.27. The molecule has 0 N–H and O–H groups in total. The van der Waals surface area contributed by atoms with Gasteiger partial charge in [-0.25, -0.2) is 4.68 Å². The minimum Gasteiger partial charge on any atom is -0.497 e. The Labute approximate surface area is 182 Å². The van der Waals surface area contributed by atoms with E-state index in [1.165, 1.54) is 0 Å². The van der Waals surface area contributed by atoms with E-state index in [2.05, 4.69) is 20.4 Å². The van der Waals surface area contributed by atoms with Crippen LogP contribution < -0.4 is 4.74 Å². The lowest BCUT2D eigenvalue weighted by atomic mass is 9.85. The van der Waals surface area contributed by atoms with Crippen LogP contribution in [0.25, 0.3) is 0 Å². The molecule has 2 saturated heterocycles. The predicted octanol–water partition coefficient (Wildman–Crippen LogP) is 0.792. The van der Waals surface area contributed by atoms with Crippen molar-refractivity contribution in [2.75, 3.05) is 60.2 Å². The number of likely N-dealkylation sites (tertiary alicyclic amines) is 1. The Kier molecular flexibility index (Phi) is 6.79. The number of rotatable bonds is 7. The van der Waals surface area contributed by atoms with Gasteiger partial charge in [-0.1, -0.05) is 6.07 Å². The van der Waals surface area contributed by atoms with Gasteiger partial charge in [-0.05, 0) is 41.5 Å². The van der Waals surface area contributed by atoms with E-state index in [4.69, 9.17) is 14.2 Å². The van der Waals surface area contributed by atoms with Gasteiger partial charge in [0.15, 0.2) is 5.82 Å². The normalized spacial score (nSPS) is 22.5. The molecule has 31 heavy (non-hydrogen) atoms. The zero-order chi connectivity index (χ0) is 21.7. The van der Waals surface area contributed by atoms with E-state index in [-0.39, 0.29) is 5.91 Å². The van der Waals surface area contributed by atoms with Crippen LogP contribution in [0.4, 0.5) is 0 Å². The number of benzene rings is 1. The fraction of sp³-hybridized carbons (Fsp3) is 0.619. The van der Waals surface area contributed by atoms with E-state index in [0.29, 0.717) is 50.8 Å². The molecule has 0 spiro atoms. The molecule has 0 radical (unpaired) electrons. The van der Waals surface area contributed by atoms with E-state index in [1.807, 2.05) is 27.8 Å². The highest BCUT2D eigenvalue weighted by molar-refractivity contribution is 5.94. The van der Waals surface area contributed by atoms with Crippen LogP contribution in [-0.2, 0) is 21.6 Å². The number of morpholine rings is 1. The molecule has 10 nitrogen and oxygen atoms in total. The zero-order valence-corrected chi connectivity index (χ0v) is 18.2. The summed E-state index contributed by atoms with van der Waals surface area (Å²) in [5, 5.41) is 12.6. The van der Waals surface area contributed by atoms with Crippen LogP contribution in [0.3, 0.4) is 0 Å². The monoisotopic (exact) mass is 430 g/mol. The lowest BCUT2D eigenvalue weighted by Crippen LogP contribution is -2.61. The first kappa shape index (κ1) is 21.7. The summed E-state index contributed by atoms with van der Waals surface area (Å²) >= 11 is 0. The quantitative estimate of drug-likeness (QED) is 0.636. The Morgan fingerprint density at radius 3 is 2.84 bits per heavy atom. The standard InChI is InChI=1S/C21H30N6O4/c1-29-12-11-27-20(22-23-24-27)21(26-9-13-31-14-10-26)7-4-8-25(16-21)19(28)17-5-3-6-18(15-17)30-2/h3,5-6,15H,4,7-14,16H2,1-2H3/t21-/m0/s1. The van der Waals surface area contributed by atoms with E-state index in [9.17, 15) is 4.79 Å². The number of carbonyl (C=O) groups excluding carboxylic acids is 1. The van der Waals surface area contributed by atoms with E-state index in [0.717, 1.165) is 31.8 Å². The molecule has 168 valence electrons. The van der Waals surface area contributed by atoms with Crippen LogP contribution in [0.5, 0.6) is 5.75 Å². The van der Waals surface area contributed by atoms with Crippen LogP contribution in [0.1, 0.15) is 29.0 Å². The first-order chi connectivity index (χ1) is 15.2. The predicted molar refractivity (Wildman–Crippen MR) is 112 cm³/mol. The van der Waals surface area contributed by atoms with Crippen LogP contribution >= 0.6 is 0 Å². The molecule has 4 rings (SSSR count). The lowest BCUT2D eigenvalue weighted by Gasteiger charge is -2.49. The van der Waals surface area contributed by atoms with Crippen molar-refractivity contribution in [1.29, 1.82) is 0 Å². The van der Waals surface area contributed by atoms with Crippen molar-refractivity contribution in [1.82, 2.24) is 30.0 Å². The average molecular weight is 431 g/mol. The number of nitrogens with zero attached hydrogens (tertiary/aromatic N) is 6. The summed E-state index contributed by atoms with van der Waals surface area (Å²) in [6.07, 6.45) is 1.74. The largest absolute Gasteiger partial charge is 0.497 e. The van der Waals surface area contributed by atoms with Gasteiger partial charge in [0.2, 0.25) is 0 Å². The second-order valence-corrected chi connectivity index (χ2v) is 7.91. The number of hydrogen-bond acceptors (Lipinski definition) is 8. The summed E-state index contributed by atoms with van der Waals surface area (Å²) in [6, 6.07) is 7.31. The van der Waals surface area contributed by atoms with Gasteiger partial charge in [0.05, 0.1) is 33.5 Å². The highest BCUT2D eigenvalue weighted by Crippen LogP contribution is 2.37. The maximum absolute atomic E-state index is 13.4. The molecule has 2 fully saturated rings. The van der Waals surface area contributed by atoms with Crippen LogP contribution in [0.2, 0.25) is 0 Å². The van der Waals surface area contributed by atoms with E-state index >= 15 is 0 Å². The molecular weight excluding hydrogens is 400 g/mol. The molecule has 1 amide bonds. The van der Waals surface area contributed by atoms with E-state index < -0.39 is 5.54 Å². The Hall–Kier alpha value is -2.56. The van der Waals surface area contributed by atoms with Crippen molar-refractivity contribution >= 4 is 5.91 Å². The Morgan fingerprint density at radius 2 is 2.06 bits per heavy atom. The smallest absolute Gasteiger partial charge is 0.254 e. The van der Waals surface area contributed by atoms with Crippen LogP contribution in [-0.4, -0.2) is 96.1 Å². The second-order valence-electron chi connectivity index (χ2n) is 7.91. The minimum atomic E-state index is -0.464. The third kappa shape index (κ3) is 4.41. The third-order valence-corrected chi connectivity index (χ3v) is 6.15. The van der Waals surface area contributed by atoms with Gasteiger partial charge in [0.25, 0.3) is 5.91 Å². The summed E-state index contributed by atoms with van der Waals surface area (Å²) in [4.78, 5) is 17.7. The van der Waals surface area contributed by atoms with Crippen molar-refractivity contribution in [3.05, 3.63) is 35.7 Å². The van der Waals surface area contributed by atoms with Gasteiger partial charge in [-0.2, -0.15) is 0 Å². The molecule has 2 aromatic rings. The summed E-state index contributed by atoms with van der Waals surface area (Å²) in [5.41, 5.74) is 0.157. The summed E-state index contributed by atoms with van der Waals surface area (Å²) in [6.45, 7) is 5.17. The van der Waals surface area contributed by atoms with Crippen molar-refractivity contribution in [3.63, 3.8) is 0 Å². The first-order valence-corrected chi connectivity index (χ1v) is 10.7. The lowest BCUT2D eigenvalue weighted by molar-refractivity contribution is -0.0573. The average Bonchev–Trinajstić information content (AvgIpc) is 3.32. The van der Waals surface area contributed by atoms with Crippen molar-refractivity contribution in [2.24, 2.45) is 0 Å². The number of piperidine rings is 1. The molecule has 3 heterocycles. The fourth-order valence-electron chi connectivity index (χ4n) is 4.59. The zero-order valence-electron chi connectivity index (χ0n) is 18.2. The Balaban J connectivity index is 1.66. The number of amides is 1. The first-order valence-electron chi connectivity index (χ1n) is 10.7. The van der Waals surface area contributed by atoms with Gasteiger partial charge in [0, 0.05) is 38.9 Å². The van der Waals surface area contributed by atoms with Gasteiger partial charge in [0.1, 0.15) is 11.3 Å². The molecule has 1 aromatic heterocycles. The van der Waals surface area contributed by atoms with Crippen LogP contribution in [0.15, 0.2) is 24.3 Å².